The molecule has 5 nitrogen and oxygen atoms in total. The van der Waals surface area contributed by atoms with E-state index in [4.69, 9.17) is 0 Å². The Balaban J connectivity index is 1.68. The molecule has 0 spiro atoms. The maximum Gasteiger partial charge on any atom is 0.142 e. The van der Waals surface area contributed by atoms with E-state index in [-0.39, 0.29) is 6.04 Å². The molecule has 1 fully saturated rings. The van der Waals surface area contributed by atoms with Crippen LogP contribution in [0.4, 0.5) is 5.82 Å². The van der Waals surface area contributed by atoms with E-state index >= 15 is 0 Å². The van der Waals surface area contributed by atoms with Crippen LogP contribution in [0.1, 0.15) is 24.7 Å². The van der Waals surface area contributed by atoms with Gasteiger partial charge in [-0.05, 0) is 18.4 Å². The van der Waals surface area contributed by atoms with E-state index in [2.05, 4.69) is 54.5 Å². The number of rotatable bonds is 3. The molecule has 3 aromatic heterocycles. The first-order valence-corrected chi connectivity index (χ1v) is 9.33. The molecule has 5 rings (SSSR count). The second-order valence-electron chi connectivity index (χ2n) is 6.22. The molecule has 1 aliphatic heterocycles. The van der Waals surface area contributed by atoms with Crippen LogP contribution in [0.2, 0.25) is 0 Å². The summed E-state index contributed by atoms with van der Waals surface area (Å²) in [5.41, 5.74) is 2.42. The van der Waals surface area contributed by atoms with Crippen LogP contribution in [-0.4, -0.2) is 26.5 Å². The van der Waals surface area contributed by atoms with Gasteiger partial charge in [0.2, 0.25) is 0 Å². The van der Waals surface area contributed by atoms with E-state index < -0.39 is 0 Å². The van der Waals surface area contributed by atoms with Gasteiger partial charge in [-0.2, -0.15) is 0 Å². The van der Waals surface area contributed by atoms with Crippen molar-refractivity contribution in [2.45, 2.75) is 18.9 Å². The number of imidazole rings is 1. The van der Waals surface area contributed by atoms with Crippen LogP contribution in [0.3, 0.4) is 0 Å². The molecule has 1 atom stereocenters. The molecule has 0 radical (unpaired) electrons. The topological polar surface area (TPSA) is 57.7 Å². The lowest BCUT2D eigenvalue weighted by Gasteiger charge is -2.25. The minimum absolute atomic E-state index is 0.247. The molecular weight excluding hydrogens is 330 g/mol. The maximum atomic E-state index is 4.69. The van der Waals surface area contributed by atoms with Gasteiger partial charge >= 0.3 is 0 Å². The van der Waals surface area contributed by atoms with E-state index in [9.17, 15) is 0 Å². The van der Waals surface area contributed by atoms with Crippen LogP contribution >= 0.6 is 11.3 Å². The number of aromatic amines is 1. The smallest absolute Gasteiger partial charge is 0.142 e. The van der Waals surface area contributed by atoms with Crippen LogP contribution < -0.4 is 4.90 Å². The molecule has 1 aromatic carbocycles. The summed E-state index contributed by atoms with van der Waals surface area (Å²) in [6.45, 7) is 0.988. The number of hydrogen-bond donors (Lipinski definition) is 1. The molecule has 0 amide bonds. The number of anilines is 1. The van der Waals surface area contributed by atoms with Crippen molar-refractivity contribution in [2.24, 2.45) is 0 Å². The van der Waals surface area contributed by atoms with Crippen LogP contribution in [0.15, 0.2) is 54.4 Å². The molecule has 4 aromatic rings. The van der Waals surface area contributed by atoms with Crippen molar-refractivity contribution in [1.29, 1.82) is 0 Å². The van der Waals surface area contributed by atoms with Gasteiger partial charge in [0.05, 0.1) is 11.4 Å². The zero-order valence-electron chi connectivity index (χ0n) is 13.6. The molecule has 1 saturated heterocycles. The first-order valence-electron chi connectivity index (χ1n) is 8.45. The van der Waals surface area contributed by atoms with Gasteiger partial charge in [-0.1, -0.05) is 30.3 Å². The first kappa shape index (κ1) is 14.6. The highest BCUT2D eigenvalue weighted by molar-refractivity contribution is 7.17. The molecule has 0 saturated carbocycles. The fourth-order valence-corrected chi connectivity index (χ4v) is 4.58. The Labute approximate surface area is 149 Å². The summed E-state index contributed by atoms with van der Waals surface area (Å²) in [4.78, 5) is 20.4. The Hall–Kier alpha value is -2.73. The Bertz CT molecular complexity index is 993. The van der Waals surface area contributed by atoms with Gasteiger partial charge in [-0.25, -0.2) is 15.0 Å². The summed E-state index contributed by atoms with van der Waals surface area (Å²) in [6.07, 6.45) is 7.62. The molecule has 1 N–H and O–H groups in total. The van der Waals surface area contributed by atoms with Crippen molar-refractivity contribution < 1.29 is 0 Å². The van der Waals surface area contributed by atoms with Crippen molar-refractivity contribution in [2.75, 3.05) is 11.4 Å². The van der Waals surface area contributed by atoms with E-state index in [1.807, 2.05) is 18.5 Å². The van der Waals surface area contributed by atoms with Crippen molar-refractivity contribution in [3.63, 3.8) is 0 Å². The van der Waals surface area contributed by atoms with Crippen LogP contribution in [-0.2, 0) is 0 Å². The second-order valence-corrected chi connectivity index (χ2v) is 7.08. The number of benzene rings is 1. The van der Waals surface area contributed by atoms with E-state index in [0.29, 0.717) is 0 Å². The van der Waals surface area contributed by atoms with Crippen molar-refractivity contribution in [3.8, 4) is 11.1 Å². The normalized spacial score (nSPS) is 17.4. The molecule has 0 bridgehead atoms. The predicted molar refractivity (Wildman–Crippen MR) is 101 cm³/mol. The average molecular weight is 347 g/mol. The molecule has 1 aliphatic rings. The molecule has 6 heteroatoms. The first-order chi connectivity index (χ1) is 12.4. The summed E-state index contributed by atoms with van der Waals surface area (Å²) < 4.78 is 0. The highest BCUT2D eigenvalue weighted by atomic mass is 32.1. The van der Waals surface area contributed by atoms with Gasteiger partial charge in [0.1, 0.15) is 22.8 Å². The zero-order valence-corrected chi connectivity index (χ0v) is 14.4. The van der Waals surface area contributed by atoms with Crippen molar-refractivity contribution in [1.82, 2.24) is 19.9 Å². The van der Waals surface area contributed by atoms with Gasteiger partial charge < -0.3 is 9.88 Å². The number of nitrogens with one attached hydrogen (secondary N) is 1. The van der Waals surface area contributed by atoms with E-state index in [1.54, 1.807) is 17.7 Å². The minimum atomic E-state index is 0.247. The Kier molecular flexibility index (Phi) is 3.48. The number of fused-ring (bicyclic) bond motifs is 1. The minimum Gasteiger partial charge on any atom is -0.347 e. The third kappa shape index (κ3) is 2.41. The quantitative estimate of drug-likeness (QED) is 0.596. The second kappa shape index (κ2) is 5.97. The predicted octanol–water partition coefficient (Wildman–Crippen LogP) is 4.42. The van der Waals surface area contributed by atoms with Gasteiger partial charge in [-0.3, -0.25) is 0 Å². The van der Waals surface area contributed by atoms with Crippen molar-refractivity contribution in [3.05, 3.63) is 60.3 Å². The molecule has 1 unspecified atom stereocenters. The Morgan fingerprint density at radius 3 is 2.88 bits per heavy atom. The lowest BCUT2D eigenvalue weighted by molar-refractivity contribution is 0.671. The van der Waals surface area contributed by atoms with Gasteiger partial charge in [0.15, 0.2) is 0 Å². The zero-order chi connectivity index (χ0) is 16.6. The van der Waals surface area contributed by atoms with Gasteiger partial charge in [0.25, 0.3) is 0 Å². The number of H-pyrrole nitrogens is 1. The van der Waals surface area contributed by atoms with E-state index in [1.165, 1.54) is 11.1 Å². The standard InChI is InChI=1S/C19H17N5S/c1-2-5-13(6-3-1)14-11-25-19-16(14)18(22-12-23-19)24-10-4-7-15(24)17-20-8-9-21-17/h1-3,5-6,8-9,11-12,15H,4,7,10H2,(H,20,21). The highest BCUT2D eigenvalue weighted by Gasteiger charge is 2.31. The Morgan fingerprint density at radius 2 is 2.04 bits per heavy atom. The van der Waals surface area contributed by atoms with Crippen LogP contribution in [0.5, 0.6) is 0 Å². The largest absolute Gasteiger partial charge is 0.347 e. The van der Waals surface area contributed by atoms with Crippen LogP contribution in [0, 0.1) is 0 Å². The highest BCUT2D eigenvalue weighted by Crippen LogP contribution is 2.42. The fraction of sp³-hybridized carbons (Fsp3) is 0.211. The summed E-state index contributed by atoms with van der Waals surface area (Å²) in [7, 11) is 0. The number of nitrogens with zero attached hydrogens (tertiary/aromatic N) is 4. The van der Waals surface area contributed by atoms with Crippen LogP contribution in [0.25, 0.3) is 21.3 Å². The summed E-state index contributed by atoms with van der Waals surface area (Å²) in [6, 6.07) is 10.7. The number of thiophene rings is 1. The maximum absolute atomic E-state index is 4.69. The molecule has 4 heterocycles. The summed E-state index contributed by atoms with van der Waals surface area (Å²) >= 11 is 1.68. The Morgan fingerprint density at radius 1 is 1.12 bits per heavy atom. The lowest BCUT2D eigenvalue weighted by atomic mass is 10.1. The lowest BCUT2D eigenvalue weighted by Crippen LogP contribution is -2.24. The van der Waals surface area contributed by atoms with Gasteiger partial charge in [-0.15, -0.1) is 11.3 Å². The number of aromatic nitrogens is 4. The van der Waals surface area contributed by atoms with E-state index in [0.717, 1.165) is 41.2 Å². The molecule has 0 aliphatic carbocycles. The SMILES string of the molecule is c1ccc(-c2csc3ncnc(N4CCCC4c4ncc[nH]4)c23)cc1. The molecule has 25 heavy (non-hydrogen) atoms. The third-order valence-electron chi connectivity index (χ3n) is 4.79. The summed E-state index contributed by atoms with van der Waals surface area (Å²) in [5.74, 6) is 2.03. The average Bonchev–Trinajstić information content (AvgIpc) is 3.40. The van der Waals surface area contributed by atoms with Crippen molar-refractivity contribution >= 4 is 27.4 Å². The fourth-order valence-electron chi connectivity index (χ4n) is 3.67. The monoisotopic (exact) mass is 347 g/mol. The molecular formula is C19H17N5S. The van der Waals surface area contributed by atoms with Gasteiger partial charge in [0, 0.05) is 29.9 Å². The molecule has 124 valence electrons. The summed E-state index contributed by atoms with van der Waals surface area (Å²) in [5, 5.41) is 3.34. The third-order valence-corrected chi connectivity index (χ3v) is 5.68. The number of hydrogen-bond acceptors (Lipinski definition) is 5.